The van der Waals surface area contributed by atoms with Crippen LogP contribution in [0.5, 0.6) is 0 Å². The van der Waals surface area contributed by atoms with Gasteiger partial charge in [0.15, 0.2) is 0 Å². The summed E-state index contributed by atoms with van der Waals surface area (Å²) in [4.78, 5) is 28.9. The fourth-order valence-electron chi connectivity index (χ4n) is 1.70. The molecule has 0 fully saturated rings. The lowest BCUT2D eigenvalue weighted by atomic mass is 10.2. The molecule has 6 heteroatoms. The summed E-state index contributed by atoms with van der Waals surface area (Å²) >= 11 is 0. The number of pyridine rings is 1. The molecule has 0 aromatic carbocycles. The Morgan fingerprint density at radius 2 is 2.14 bits per heavy atom. The molecule has 0 aliphatic carbocycles. The van der Waals surface area contributed by atoms with E-state index in [9.17, 15) is 9.59 Å². The van der Waals surface area contributed by atoms with Crippen LogP contribution in [0.4, 0.5) is 0 Å². The number of carbonyl (C=O) groups excluding carboxylic acids is 2. The average molecular weight is 288 g/mol. The normalized spacial score (nSPS) is 9.62. The highest BCUT2D eigenvalue weighted by Gasteiger charge is 2.18. The van der Waals surface area contributed by atoms with Crippen molar-refractivity contribution in [2.24, 2.45) is 11.5 Å². The van der Waals surface area contributed by atoms with Gasteiger partial charge in [-0.3, -0.25) is 9.59 Å². The molecule has 1 rings (SSSR count). The zero-order valence-electron chi connectivity index (χ0n) is 12.1. The number of hydrogen-bond donors (Lipinski definition) is 2. The first-order chi connectivity index (χ1) is 10.1. The summed E-state index contributed by atoms with van der Waals surface area (Å²) in [6, 6.07) is 3.29. The average Bonchev–Trinajstić information content (AvgIpc) is 2.49. The summed E-state index contributed by atoms with van der Waals surface area (Å²) in [7, 11) is 0. The Morgan fingerprint density at radius 1 is 1.38 bits per heavy atom. The molecule has 1 aromatic rings. The largest absolute Gasteiger partial charge is 0.368 e. The quantitative estimate of drug-likeness (QED) is 0.726. The fraction of sp³-hybridized carbons (Fsp3) is 0.400. The number of hydrogen-bond acceptors (Lipinski definition) is 4. The molecule has 0 aliphatic rings. The molecule has 0 atom stereocenters. The van der Waals surface area contributed by atoms with Gasteiger partial charge in [-0.1, -0.05) is 25.2 Å². The number of carbonyl (C=O) groups is 2. The molecule has 112 valence electrons. The van der Waals surface area contributed by atoms with Gasteiger partial charge in [0.25, 0.3) is 5.91 Å². The molecule has 6 nitrogen and oxygen atoms in total. The Bertz CT molecular complexity index is 543. The Kier molecular flexibility index (Phi) is 6.92. The van der Waals surface area contributed by atoms with E-state index in [-0.39, 0.29) is 24.7 Å². The summed E-state index contributed by atoms with van der Waals surface area (Å²) in [5.41, 5.74) is 11.4. The van der Waals surface area contributed by atoms with E-state index in [0.717, 1.165) is 12.8 Å². The Hall–Kier alpha value is -2.39. The van der Waals surface area contributed by atoms with Crippen molar-refractivity contribution >= 4 is 11.8 Å². The maximum atomic E-state index is 12.3. The van der Waals surface area contributed by atoms with E-state index in [0.29, 0.717) is 12.1 Å². The summed E-state index contributed by atoms with van der Waals surface area (Å²) in [5.74, 6) is 4.70. The molecule has 0 saturated heterocycles. The van der Waals surface area contributed by atoms with Gasteiger partial charge < -0.3 is 16.4 Å². The summed E-state index contributed by atoms with van der Waals surface area (Å²) in [6.07, 6.45) is 3.24. The molecule has 2 amide bonds. The molecular formula is C15H20N4O2. The van der Waals surface area contributed by atoms with Crippen LogP contribution in [-0.2, 0) is 4.79 Å². The second-order valence-corrected chi connectivity index (χ2v) is 4.48. The number of aromatic nitrogens is 1. The van der Waals surface area contributed by atoms with Gasteiger partial charge in [0, 0.05) is 18.3 Å². The zero-order valence-corrected chi connectivity index (χ0v) is 12.1. The third-order valence-electron chi connectivity index (χ3n) is 2.73. The van der Waals surface area contributed by atoms with Crippen LogP contribution in [0.1, 0.15) is 35.8 Å². The van der Waals surface area contributed by atoms with E-state index < -0.39 is 5.91 Å². The topological polar surface area (TPSA) is 102 Å². The van der Waals surface area contributed by atoms with Crippen molar-refractivity contribution in [1.82, 2.24) is 9.88 Å². The zero-order chi connectivity index (χ0) is 15.7. The van der Waals surface area contributed by atoms with Gasteiger partial charge in [-0.25, -0.2) is 4.98 Å². The van der Waals surface area contributed by atoms with Crippen molar-refractivity contribution in [1.29, 1.82) is 0 Å². The van der Waals surface area contributed by atoms with Gasteiger partial charge in [-0.05, 0) is 18.6 Å². The second-order valence-electron chi connectivity index (χ2n) is 4.48. The molecule has 0 spiro atoms. The van der Waals surface area contributed by atoms with Gasteiger partial charge in [0.1, 0.15) is 5.69 Å². The molecule has 1 aromatic heterocycles. The molecule has 0 unspecified atom stereocenters. The molecule has 0 aliphatic heterocycles. The van der Waals surface area contributed by atoms with Crippen molar-refractivity contribution in [3.63, 3.8) is 0 Å². The highest BCUT2D eigenvalue weighted by Crippen LogP contribution is 2.05. The molecular weight excluding hydrogens is 268 g/mol. The summed E-state index contributed by atoms with van der Waals surface area (Å²) in [5, 5.41) is 0. The maximum absolute atomic E-state index is 12.3. The van der Waals surface area contributed by atoms with Crippen LogP contribution in [0.2, 0.25) is 0 Å². The lowest BCUT2D eigenvalue weighted by Crippen LogP contribution is -2.39. The van der Waals surface area contributed by atoms with Gasteiger partial charge in [-0.15, -0.1) is 0 Å². The first-order valence-electron chi connectivity index (χ1n) is 6.81. The standard InChI is InChI=1S/C15H20N4O2/c1-2-3-9-19(11-14(17)20)15(21)13-7-6-12(10-18-13)5-4-8-16/h6-7,10H,2-3,8-9,11,16H2,1H3,(H2,17,20). The van der Waals surface area contributed by atoms with E-state index in [2.05, 4.69) is 16.8 Å². The molecule has 0 radical (unpaired) electrons. The summed E-state index contributed by atoms with van der Waals surface area (Å²) < 4.78 is 0. The lowest BCUT2D eigenvalue weighted by Gasteiger charge is -2.20. The molecule has 0 bridgehead atoms. The van der Waals surface area contributed by atoms with Crippen LogP contribution in [0.15, 0.2) is 18.3 Å². The number of nitrogens with zero attached hydrogens (tertiary/aromatic N) is 2. The first kappa shape index (κ1) is 16.7. The minimum Gasteiger partial charge on any atom is -0.368 e. The van der Waals surface area contributed by atoms with Crippen LogP contribution in [-0.4, -0.2) is 41.3 Å². The predicted octanol–water partition coefficient (Wildman–Crippen LogP) is 0.119. The monoisotopic (exact) mass is 288 g/mol. The number of nitrogens with two attached hydrogens (primary N) is 2. The summed E-state index contributed by atoms with van der Waals surface area (Å²) in [6.45, 7) is 2.66. The minimum atomic E-state index is -0.537. The van der Waals surface area contributed by atoms with Gasteiger partial charge in [0.2, 0.25) is 5.91 Å². The van der Waals surface area contributed by atoms with Crippen LogP contribution >= 0.6 is 0 Å². The fourth-order valence-corrected chi connectivity index (χ4v) is 1.70. The van der Waals surface area contributed by atoms with E-state index >= 15 is 0 Å². The van der Waals surface area contributed by atoms with Crippen molar-refractivity contribution in [3.8, 4) is 11.8 Å². The smallest absolute Gasteiger partial charge is 0.272 e. The van der Waals surface area contributed by atoms with Gasteiger partial charge >= 0.3 is 0 Å². The third kappa shape index (κ3) is 5.63. The number of unbranched alkanes of at least 4 members (excludes halogenated alkanes) is 1. The van der Waals surface area contributed by atoms with E-state index in [1.54, 1.807) is 12.1 Å². The van der Waals surface area contributed by atoms with Crippen LogP contribution in [0.25, 0.3) is 0 Å². The molecule has 4 N–H and O–H groups in total. The third-order valence-corrected chi connectivity index (χ3v) is 2.73. The predicted molar refractivity (Wildman–Crippen MR) is 80.2 cm³/mol. The highest BCUT2D eigenvalue weighted by molar-refractivity contribution is 5.94. The lowest BCUT2D eigenvalue weighted by molar-refractivity contribution is -0.118. The van der Waals surface area contributed by atoms with Crippen molar-refractivity contribution in [2.75, 3.05) is 19.6 Å². The van der Waals surface area contributed by atoms with Crippen molar-refractivity contribution in [3.05, 3.63) is 29.6 Å². The number of rotatable bonds is 6. The maximum Gasteiger partial charge on any atom is 0.272 e. The molecule has 1 heterocycles. The first-order valence-corrected chi connectivity index (χ1v) is 6.81. The van der Waals surface area contributed by atoms with Crippen molar-refractivity contribution in [2.45, 2.75) is 19.8 Å². The van der Waals surface area contributed by atoms with Gasteiger partial charge in [-0.2, -0.15) is 0 Å². The molecule has 21 heavy (non-hydrogen) atoms. The number of amides is 2. The van der Waals surface area contributed by atoms with E-state index in [1.165, 1.54) is 11.1 Å². The second kappa shape index (κ2) is 8.72. The van der Waals surface area contributed by atoms with E-state index in [4.69, 9.17) is 11.5 Å². The Labute approximate surface area is 124 Å². The number of primary amides is 1. The van der Waals surface area contributed by atoms with Crippen LogP contribution < -0.4 is 11.5 Å². The molecule has 0 saturated carbocycles. The van der Waals surface area contributed by atoms with Crippen LogP contribution in [0, 0.1) is 11.8 Å². The van der Waals surface area contributed by atoms with Gasteiger partial charge in [0.05, 0.1) is 13.1 Å². The van der Waals surface area contributed by atoms with Crippen LogP contribution in [0.3, 0.4) is 0 Å². The highest BCUT2D eigenvalue weighted by atomic mass is 16.2. The Morgan fingerprint density at radius 3 is 2.67 bits per heavy atom. The minimum absolute atomic E-state index is 0.102. The van der Waals surface area contributed by atoms with Crippen molar-refractivity contribution < 1.29 is 9.59 Å². The van der Waals surface area contributed by atoms with E-state index in [1.807, 2.05) is 6.92 Å². The Balaban J connectivity index is 2.84. The SMILES string of the molecule is CCCCN(CC(N)=O)C(=O)c1ccc(C#CCN)cn1.